The SMILES string of the molecule is CCCCCCCC=CCCCCCCCCCC1CC(=O)OC1=O. The molecule has 25 heavy (non-hydrogen) atoms. The summed E-state index contributed by atoms with van der Waals surface area (Å²) >= 11 is 0. The Labute approximate surface area is 154 Å². The number of rotatable bonds is 16. The van der Waals surface area contributed by atoms with Gasteiger partial charge in [-0.1, -0.05) is 83.3 Å². The normalized spacial score (nSPS) is 17.6. The van der Waals surface area contributed by atoms with Crippen LogP contribution in [-0.4, -0.2) is 11.9 Å². The lowest BCUT2D eigenvalue weighted by Crippen LogP contribution is -2.06. The maximum absolute atomic E-state index is 11.3. The molecule has 144 valence electrons. The van der Waals surface area contributed by atoms with E-state index >= 15 is 0 Å². The summed E-state index contributed by atoms with van der Waals surface area (Å²) in [5.41, 5.74) is 0. The van der Waals surface area contributed by atoms with Crippen LogP contribution in [0.25, 0.3) is 0 Å². The summed E-state index contributed by atoms with van der Waals surface area (Å²) in [4.78, 5) is 22.3. The van der Waals surface area contributed by atoms with Crippen molar-refractivity contribution in [2.45, 2.75) is 110 Å². The molecule has 0 aromatic rings. The number of hydrogen-bond donors (Lipinski definition) is 0. The van der Waals surface area contributed by atoms with Gasteiger partial charge >= 0.3 is 11.9 Å². The number of cyclic esters (lactones) is 2. The van der Waals surface area contributed by atoms with Crippen LogP contribution in [0.1, 0.15) is 110 Å². The zero-order valence-corrected chi connectivity index (χ0v) is 16.3. The minimum atomic E-state index is -0.347. The minimum Gasteiger partial charge on any atom is -0.393 e. The zero-order chi connectivity index (χ0) is 18.2. The predicted molar refractivity (Wildman–Crippen MR) is 103 cm³/mol. The van der Waals surface area contributed by atoms with E-state index in [1.165, 1.54) is 77.0 Å². The lowest BCUT2D eigenvalue weighted by molar-refractivity contribution is -0.153. The molecule has 1 saturated heterocycles. The second-order valence-electron chi connectivity index (χ2n) is 7.42. The first-order valence-electron chi connectivity index (χ1n) is 10.6. The van der Waals surface area contributed by atoms with Gasteiger partial charge in [0.1, 0.15) is 0 Å². The molecule has 0 amide bonds. The van der Waals surface area contributed by atoms with Crippen molar-refractivity contribution >= 4 is 11.9 Å². The summed E-state index contributed by atoms with van der Waals surface area (Å²) in [7, 11) is 0. The average molecular weight is 351 g/mol. The first-order valence-corrected chi connectivity index (χ1v) is 10.6. The topological polar surface area (TPSA) is 43.4 Å². The molecule has 0 bridgehead atoms. The van der Waals surface area contributed by atoms with Crippen LogP contribution in [0, 0.1) is 5.92 Å². The number of esters is 2. The third-order valence-corrected chi connectivity index (χ3v) is 5.03. The molecule has 0 aliphatic carbocycles. The van der Waals surface area contributed by atoms with Crippen LogP contribution < -0.4 is 0 Å². The second kappa shape index (κ2) is 15.2. The van der Waals surface area contributed by atoms with Gasteiger partial charge in [0.25, 0.3) is 0 Å². The summed E-state index contributed by atoms with van der Waals surface area (Å²) in [6.07, 6.45) is 23.8. The molecule has 0 aromatic carbocycles. The van der Waals surface area contributed by atoms with Gasteiger partial charge in [-0.3, -0.25) is 9.59 Å². The molecular formula is C22H38O3. The third kappa shape index (κ3) is 12.0. The van der Waals surface area contributed by atoms with Gasteiger partial charge in [-0.05, 0) is 32.1 Å². The summed E-state index contributed by atoms with van der Waals surface area (Å²) in [6.45, 7) is 2.26. The van der Waals surface area contributed by atoms with E-state index in [4.69, 9.17) is 0 Å². The molecule has 1 unspecified atom stereocenters. The summed E-state index contributed by atoms with van der Waals surface area (Å²) in [6, 6.07) is 0. The molecule has 3 nitrogen and oxygen atoms in total. The van der Waals surface area contributed by atoms with E-state index in [1.807, 2.05) is 0 Å². The minimum absolute atomic E-state index is 0.161. The van der Waals surface area contributed by atoms with Gasteiger partial charge in [-0.2, -0.15) is 0 Å². The Morgan fingerprint density at radius 3 is 1.84 bits per heavy atom. The standard InChI is InChI=1S/C22H38O3/c1-2-3-4-5-6-7-8-9-10-11-12-13-14-15-16-17-18-20-19-21(23)25-22(20)24/h8-9,20H,2-7,10-19H2,1H3. The van der Waals surface area contributed by atoms with Gasteiger partial charge in [-0.25, -0.2) is 0 Å². The molecule has 3 heteroatoms. The first kappa shape index (κ1) is 21.9. The number of carbonyl (C=O) groups excluding carboxylic acids is 2. The van der Waals surface area contributed by atoms with E-state index in [1.54, 1.807) is 0 Å². The molecule has 0 spiro atoms. The van der Waals surface area contributed by atoms with Crippen LogP contribution in [0.3, 0.4) is 0 Å². The molecule has 0 N–H and O–H groups in total. The lowest BCUT2D eigenvalue weighted by atomic mass is 9.99. The van der Waals surface area contributed by atoms with Crippen LogP contribution in [0.2, 0.25) is 0 Å². The van der Waals surface area contributed by atoms with E-state index in [9.17, 15) is 9.59 Å². The number of hydrogen-bond acceptors (Lipinski definition) is 3. The van der Waals surface area contributed by atoms with Crippen LogP contribution in [0.5, 0.6) is 0 Å². The third-order valence-electron chi connectivity index (χ3n) is 5.03. The molecule has 0 aromatic heterocycles. The Morgan fingerprint density at radius 1 is 0.800 bits per heavy atom. The molecular weight excluding hydrogens is 312 g/mol. The molecule has 0 radical (unpaired) electrons. The van der Waals surface area contributed by atoms with Crippen molar-refractivity contribution in [1.82, 2.24) is 0 Å². The van der Waals surface area contributed by atoms with Gasteiger partial charge in [0.15, 0.2) is 0 Å². The highest BCUT2D eigenvalue weighted by molar-refractivity contribution is 5.94. The van der Waals surface area contributed by atoms with Gasteiger partial charge in [0, 0.05) is 0 Å². The molecule has 0 saturated carbocycles. The highest BCUT2D eigenvalue weighted by Gasteiger charge is 2.32. The van der Waals surface area contributed by atoms with Crippen LogP contribution in [0.4, 0.5) is 0 Å². The van der Waals surface area contributed by atoms with Crippen molar-refractivity contribution in [3.63, 3.8) is 0 Å². The van der Waals surface area contributed by atoms with Crippen molar-refractivity contribution in [3.05, 3.63) is 12.2 Å². The van der Waals surface area contributed by atoms with E-state index in [0.717, 1.165) is 19.3 Å². The van der Waals surface area contributed by atoms with Crippen LogP contribution in [0.15, 0.2) is 12.2 Å². The Morgan fingerprint density at radius 2 is 1.32 bits per heavy atom. The summed E-state index contributed by atoms with van der Waals surface area (Å²) < 4.78 is 4.57. The largest absolute Gasteiger partial charge is 0.393 e. The van der Waals surface area contributed by atoms with Crippen molar-refractivity contribution in [1.29, 1.82) is 0 Å². The molecule has 1 aliphatic rings. The van der Waals surface area contributed by atoms with Gasteiger partial charge < -0.3 is 4.74 Å². The predicted octanol–water partition coefficient (Wildman–Crippen LogP) is 6.50. The van der Waals surface area contributed by atoms with Crippen molar-refractivity contribution in [3.8, 4) is 0 Å². The van der Waals surface area contributed by atoms with Crippen molar-refractivity contribution < 1.29 is 14.3 Å². The molecule has 1 heterocycles. The highest BCUT2D eigenvalue weighted by atomic mass is 16.6. The van der Waals surface area contributed by atoms with E-state index < -0.39 is 0 Å². The zero-order valence-electron chi connectivity index (χ0n) is 16.3. The van der Waals surface area contributed by atoms with Gasteiger partial charge in [0.2, 0.25) is 0 Å². The number of ether oxygens (including phenoxy) is 1. The van der Waals surface area contributed by atoms with Crippen molar-refractivity contribution in [2.75, 3.05) is 0 Å². The average Bonchev–Trinajstić information content (AvgIpc) is 2.92. The number of unbranched alkanes of at least 4 members (excludes halogenated alkanes) is 12. The van der Waals surface area contributed by atoms with Gasteiger partial charge in [0.05, 0.1) is 12.3 Å². The molecule has 1 aliphatic heterocycles. The van der Waals surface area contributed by atoms with Crippen LogP contribution >= 0.6 is 0 Å². The Bertz CT molecular complexity index is 387. The highest BCUT2D eigenvalue weighted by Crippen LogP contribution is 2.22. The fraction of sp³-hybridized carbons (Fsp3) is 0.818. The van der Waals surface area contributed by atoms with E-state index in [-0.39, 0.29) is 17.9 Å². The number of allylic oxidation sites excluding steroid dienone is 2. The molecule has 1 atom stereocenters. The first-order chi connectivity index (χ1) is 12.2. The molecule has 1 rings (SSSR count). The fourth-order valence-electron chi connectivity index (χ4n) is 3.38. The fourth-order valence-corrected chi connectivity index (χ4v) is 3.38. The Balaban J connectivity index is 1.77. The lowest BCUT2D eigenvalue weighted by Gasteiger charge is -2.04. The smallest absolute Gasteiger partial charge is 0.317 e. The van der Waals surface area contributed by atoms with Crippen molar-refractivity contribution in [2.24, 2.45) is 5.92 Å². The summed E-state index contributed by atoms with van der Waals surface area (Å²) in [5, 5.41) is 0. The maximum Gasteiger partial charge on any atom is 0.317 e. The molecule has 1 fully saturated rings. The Kier molecular flexibility index (Phi) is 13.3. The van der Waals surface area contributed by atoms with Crippen LogP contribution in [-0.2, 0) is 14.3 Å². The monoisotopic (exact) mass is 350 g/mol. The summed E-state index contributed by atoms with van der Waals surface area (Å²) in [5.74, 6) is -0.814. The Hall–Kier alpha value is -1.12. The maximum atomic E-state index is 11.3. The van der Waals surface area contributed by atoms with E-state index in [2.05, 4.69) is 23.8 Å². The quantitative estimate of drug-likeness (QED) is 0.138. The second-order valence-corrected chi connectivity index (χ2v) is 7.42. The number of carbonyl (C=O) groups is 2. The van der Waals surface area contributed by atoms with Gasteiger partial charge in [-0.15, -0.1) is 0 Å². The van der Waals surface area contributed by atoms with E-state index in [0.29, 0.717) is 6.42 Å².